The van der Waals surface area contributed by atoms with Crippen LogP contribution in [0.2, 0.25) is 0 Å². The van der Waals surface area contributed by atoms with Crippen LogP contribution in [0.3, 0.4) is 0 Å². The Kier molecular flexibility index (Phi) is 6.43. The molecule has 1 heterocycles. The van der Waals surface area contributed by atoms with Gasteiger partial charge in [-0.2, -0.15) is 0 Å². The molecule has 0 atom stereocenters. The minimum absolute atomic E-state index is 0.0562. The van der Waals surface area contributed by atoms with E-state index in [1.54, 1.807) is 24.3 Å². The number of hydrogen-bond acceptors (Lipinski definition) is 5. The first-order valence-electron chi connectivity index (χ1n) is 9.96. The first-order chi connectivity index (χ1) is 15.4. The monoisotopic (exact) mass is 453 g/mol. The number of benzene rings is 3. The quantitative estimate of drug-likeness (QED) is 0.367. The average molecular weight is 454 g/mol. The maximum Gasteiger partial charge on any atom is 0.260 e. The number of anilines is 1. The molecule has 0 aliphatic rings. The molecule has 0 unspecified atom stereocenters. The molecule has 0 bridgehead atoms. The lowest BCUT2D eigenvalue weighted by Crippen LogP contribution is -2.36. The van der Waals surface area contributed by atoms with E-state index < -0.39 is 11.6 Å². The summed E-state index contributed by atoms with van der Waals surface area (Å²) in [5, 5.41) is 0.320. The summed E-state index contributed by atoms with van der Waals surface area (Å²) >= 11 is 1.08. The van der Waals surface area contributed by atoms with Gasteiger partial charge < -0.3 is 9.64 Å². The van der Waals surface area contributed by atoms with Crippen LogP contribution in [0.5, 0.6) is 11.5 Å². The van der Waals surface area contributed by atoms with Crippen molar-refractivity contribution in [2.75, 3.05) is 32.1 Å². The summed E-state index contributed by atoms with van der Waals surface area (Å²) in [4.78, 5) is 21.0. The van der Waals surface area contributed by atoms with Gasteiger partial charge in [0.05, 0.1) is 4.70 Å². The lowest BCUT2D eigenvalue weighted by molar-refractivity contribution is 0.0985. The summed E-state index contributed by atoms with van der Waals surface area (Å²) in [5.41, 5.74) is 0.496. The number of halogens is 2. The number of hydrogen-bond donors (Lipinski definition) is 0. The Morgan fingerprint density at radius 1 is 0.969 bits per heavy atom. The van der Waals surface area contributed by atoms with Crippen LogP contribution in [-0.2, 0) is 0 Å². The summed E-state index contributed by atoms with van der Waals surface area (Å²) in [7, 11) is 3.79. The van der Waals surface area contributed by atoms with Gasteiger partial charge in [-0.05, 0) is 56.6 Å². The summed E-state index contributed by atoms with van der Waals surface area (Å²) < 4.78 is 33.9. The van der Waals surface area contributed by atoms with Crippen molar-refractivity contribution in [3.63, 3.8) is 0 Å². The van der Waals surface area contributed by atoms with E-state index in [0.717, 1.165) is 17.4 Å². The molecule has 32 heavy (non-hydrogen) atoms. The standard InChI is InChI=1S/C24H21F2N3O2S/c1-28(2)12-13-29(24-27-22-20(26)14-17(25)15-21(22)32-24)23(30)16-8-10-19(11-9-16)31-18-6-4-3-5-7-18/h3-11,14-15H,12-13H2,1-2H3. The molecule has 4 rings (SSSR count). The summed E-state index contributed by atoms with van der Waals surface area (Å²) in [5.74, 6) is -0.401. The molecule has 0 saturated heterocycles. The molecule has 0 aliphatic heterocycles. The third-order valence-corrected chi connectivity index (χ3v) is 5.75. The number of fused-ring (bicyclic) bond motifs is 1. The van der Waals surface area contributed by atoms with Crippen LogP contribution in [0.1, 0.15) is 10.4 Å². The van der Waals surface area contributed by atoms with Crippen molar-refractivity contribution in [2.24, 2.45) is 0 Å². The molecule has 5 nitrogen and oxygen atoms in total. The molecule has 164 valence electrons. The number of carbonyl (C=O) groups is 1. The lowest BCUT2D eigenvalue weighted by atomic mass is 10.2. The van der Waals surface area contributed by atoms with Crippen LogP contribution in [0.25, 0.3) is 10.2 Å². The molecule has 3 aromatic carbocycles. The Balaban J connectivity index is 1.61. The third-order valence-electron chi connectivity index (χ3n) is 4.73. The number of likely N-dealkylation sites (N-methyl/N-ethyl adjacent to an activating group) is 1. The second kappa shape index (κ2) is 9.42. The lowest BCUT2D eigenvalue weighted by Gasteiger charge is -2.22. The molecule has 4 aromatic rings. The van der Waals surface area contributed by atoms with E-state index in [0.29, 0.717) is 40.0 Å². The molecular weight excluding hydrogens is 432 g/mol. The molecular formula is C24H21F2N3O2S. The van der Waals surface area contributed by atoms with Crippen LogP contribution >= 0.6 is 11.3 Å². The van der Waals surface area contributed by atoms with Crippen molar-refractivity contribution in [3.8, 4) is 11.5 Å². The van der Waals surface area contributed by atoms with Gasteiger partial charge in [0.15, 0.2) is 10.9 Å². The highest BCUT2D eigenvalue weighted by Crippen LogP contribution is 2.32. The van der Waals surface area contributed by atoms with E-state index in [1.165, 1.54) is 11.0 Å². The summed E-state index contributed by atoms with van der Waals surface area (Å²) in [6, 6.07) is 18.2. The largest absolute Gasteiger partial charge is 0.457 e. The zero-order chi connectivity index (χ0) is 22.7. The predicted molar refractivity (Wildman–Crippen MR) is 123 cm³/mol. The SMILES string of the molecule is CN(C)CCN(C(=O)c1ccc(Oc2ccccc2)cc1)c1nc2c(F)cc(F)cc2s1. The van der Waals surface area contributed by atoms with Gasteiger partial charge in [-0.25, -0.2) is 13.8 Å². The van der Waals surface area contributed by atoms with Gasteiger partial charge in [-0.15, -0.1) is 0 Å². The second-order valence-electron chi connectivity index (χ2n) is 7.43. The number of nitrogens with zero attached hydrogens (tertiary/aromatic N) is 3. The second-order valence-corrected chi connectivity index (χ2v) is 8.44. The van der Waals surface area contributed by atoms with E-state index in [9.17, 15) is 13.6 Å². The van der Waals surface area contributed by atoms with Crippen molar-refractivity contribution in [1.82, 2.24) is 9.88 Å². The number of rotatable bonds is 7. The Hall–Kier alpha value is -3.36. The third kappa shape index (κ3) is 4.92. The smallest absolute Gasteiger partial charge is 0.260 e. The molecule has 0 aliphatic carbocycles. The van der Waals surface area contributed by atoms with Crippen molar-refractivity contribution in [2.45, 2.75) is 0 Å². The average Bonchev–Trinajstić information content (AvgIpc) is 3.19. The van der Waals surface area contributed by atoms with Crippen molar-refractivity contribution in [3.05, 3.63) is 83.9 Å². The fraction of sp³-hybridized carbons (Fsp3) is 0.167. The van der Waals surface area contributed by atoms with Crippen molar-refractivity contribution >= 4 is 32.6 Å². The van der Waals surface area contributed by atoms with Gasteiger partial charge in [0.2, 0.25) is 0 Å². The van der Waals surface area contributed by atoms with Gasteiger partial charge in [0, 0.05) is 24.7 Å². The topological polar surface area (TPSA) is 45.7 Å². The Bertz CT molecular complexity index is 1230. The van der Waals surface area contributed by atoms with Gasteiger partial charge in [-0.1, -0.05) is 29.5 Å². The van der Waals surface area contributed by atoms with E-state index in [-0.39, 0.29) is 11.4 Å². The first kappa shape index (κ1) is 21.9. The normalized spacial score (nSPS) is 11.2. The number of aromatic nitrogens is 1. The highest BCUT2D eigenvalue weighted by Gasteiger charge is 2.23. The number of amides is 1. The molecule has 0 radical (unpaired) electrons. The summed E-state index contributed by atoms with van der Waals surface area (Å²) in [6.45, 7) is 0.922. The molecule has 0 spiro atoms. The molecule has 0 fully saturated rings. The summed E-state index contributed by atoms with van der Waals surface area (Å²) in [6.07, 6.45) is 0. The van der Waals surface area contributed by atoms with E-state index in [1.807, 2.05) is 49.3 Å². The van der Waals surface area contributed by atoms with Crippen LogP contribution in [0.15, 0.2) is 66.7 Å². The maximum atomic E-state index is 14.2. The van der Waals surface area contributed by atoms with E-state index in [2.05, 4.69) is 4.98 Å². The molecule has 1 amide bonds. The fourth-order valence-electron chi connectivity index (χ4n) is 3.09. The molecule has 0 saturated carbocycles. The number of para-hydroxylation sites is 1. The Morgan fingerprint density at radius 2 is 1.66 bits per heavy atom. The highest BCUT2D eigenvalue weighted by atomic mass is 32.1. The first-order valence-corrected chi connectivity index (χ1v) is 10.8. The zero-order valence-electron chi connectivity index (χ0n) is 17.6. The van der Waals surface area contributed by atoms with Gasteiger partial charge in [-0.3, -0.25) is 9.69 Å². The predicted octanol–water partition coefficient (Wildman–Crippen LogP) is 5.58. The zero-order valence-corrected chi connectivity index (χ0v) is 18.4. The van der Waals surface area contributed by atoms with E-state index in [4.69, 9.17) is 4.74 Å². The number of ether oxygens (including phenoxy) is 1. The molecule has 8 heteroatoms. The van der Waals surface area contributed by atoms with Crippen LogP contribution in [0, 0.1) is 11.6 Å². The van der Waals surface area contributed by atoms with Crippen LogP contribution in [-0.4, -0.2) is 43.0 Å². The van der Waals surface area contributed by atoms with Crippen molar-refractivity contribution < 1.29 is 18.3 Å². The van der Waals surface area contributed by atoms with Crippen molar-refractivity contribution in [1.29, 1.82) is 0 Å². The van der Waals surface area contributed by atoms with E-state index >= 15 is 0 Å². The maximum absolute atomic E-state index is 14.2. The number of thiazole rings is 1. The Morgan fingerprint density at radius 3 is 2.34 bits per heavy atom. The minimum atomic E-state index is -0.745. The number of carbonyl (C=O) groups excluding carboxylic acids is 1. The minimum Gasteiger partial charge on any atom is -0.457 e. The van der Waals surface area contributed by atoms with Gasteiger partial charge in [0.25, 0.3) is 5.91 Å². The fourth-order valence-corrected chi connectivity index (χ4v) is 4.12. The van der Waals surface area contributed by atoms with Gasteiger partial charge >= 0.3 is 0 Å². The highest BCUT2D eigenvalue weighted by molar-refractivity contribution is 7.22. The van der Waals surface area contributed by atoms with Gasteiger partial charge in [0.1, 0.15) is 22.8 Å². The Labute approximate surface area is 188 Å². The van der Waals surface area contributed by atoms with Crippen LogP contribution in [0.4, 0.5) is 13.9 Å². The molecule has 0 N–H and O–H groups in total. The molecule has 1 aromatic heterocycles. The van der Waals surface area contributed by atoms with Crippen LogP contribution < -0.4 is 9.64 Å².